The van der Waals surface area contributed by atoms with Crippen LogP contribution in [0.2, 0.25) is 0 Å². The lowest BCUT2D eigenvalue weighted by molar-refractivity contribution is 0.0394. The number of pyridine rings is 1. The summed E-state index contributed by atoms with van der Waals surface area (Å²) in [7, 11) is 1.99. The van der Waals surface area contributed by atoms with Gasteiger partial charge in [0.1, 0.15) is 0 Å². The number of nitrogens with zero attached hydrogens (tertiary/aromatic N) is 1. The molecule has 16 heavy (non-hydrogen) atoms. The fourth-order valence-electron chi connectivity index (χ4n) is 2.25. The minimum atomic E-state index is 0.274. The van der Waals surface area contributed by atoms with E-state index in [1.165, 1.54) is 6.42 Å². The minimum Gasteiger partial charge on any atom is -0.381 e. The summed E-state index contributed by atoms with van der Waals surface area (Å²) in [6.45, 7) is 1.73. The molecular formula is C12H17BrN2O. The van der Waals surface area contributed by atoms with Crippen molar-refractivity contribution in [3.63, 3.8) is 0 Å². The maximum atomic E-state index is 5.54. The highest BCUT2D eigenvalue weighted by Gasteiger charge is 2.26. The first-order valence-corrected chi connectivity index (χ1v) is 6.47. The number of aromatic nitrogens is 1. The molecule has 2 rings (SSSR count). The third kappa shape index (κ3) is 2.62. The number of nitrogens with one attached hydrogen (secondary N) is 1. The summed E-state index contributed by atoms with van der Waals surface area (Å²) < 4.78 is 6.61. The molecule has 1 saturated heterocycles. The van der Waals surface area contributed by atoms with Crippen molar-refractivity contribution in [2.45, 2.75) is 18.9 Å². The molecule has 0 saturated carbocycles. The van der Waals surface area contributed by atoms with Gasteiger partial charge in [-0.25, -0.2) is 0 Å². The highest BCUT2D eigenvalue weighted by molar-refractivity contribution is 9.10. The predicted octanol–water partition coefficient (Wildman–Crippen LogP) is 2.53. The van der Waals surface area contributed by atoms with Crippen LogP contribution < -0.4 is 5.32 Å². The first-order chi connectivity index (χ1) is 7.83. The smallest absolute Gasteiger partial charge is 0.0718 e. The van der Waals surface area contributed by atoms with Gasteiger partial charge in [0, 0.05) is 23.2 Å². The van der Waals surface area contributed by atoms with Crippen LogP contribution in [0.1, 0.15) is 24.6 Å². The number of halogens is 1. The van der Waals surface area contributed by atoms with Gasteiger partial charge in [-0.2, -0.15) is 0 Å². The third-order valence-electron chi connectivity index (χ3n) is 3.06. The van der Waals surface area contributed by atoms with Gasteiger partial charge in [-0.3, -0.25) is 4.98 Å². The van der Waals surface area contributed by atoms with Gasteiger partial charge in [0.25, 0.3) is 0 Å². The quantitative estimate of drug-likeness (QED) is 0.926. The van der Waals surface area contributed by atoms with Crippen LogP contribution in [0.3, 0.4) is 0 Å². The fourth-order valence-corrected chi connectivity index (χ4v) is 2.75. The second-order valence-corrected chi connectivity index (χ2v) is 4.97. The van der Waals surface area contributed by atoms with E-state index in [9.17, 15) is 0 Å². The largest absolute Gasteiger partial charge is 0.381 e. The van der Waals surface area contributed by atoms with Gasteiger partial charge in [0.05, 0.1) is 18.3 Å². The molecule has 88 valence electrons. The molecule has 2 atom stereocenters. The van der Waals surface area contributed by atoms with Gasteiger partial charge in [-0.1, -0.05) is 0 Å². The van der Waals surface area contributed by atoms with E-state index in [-0.39, 0.29) is 6.04 Å². The molecule has 1 N–H and O–H groups in total. The first kappa shape index (κ1) is 12.0. The molecular weight excluding hydrogens is 268 g/mol. The molecule has 1 aromatic rings. The fraction of sp³-hybridized carbons (Fsp3) is 0.583. The summed E-state index contributed by atoms with van der Waals surface area (Å²) in [5.41, 5.74) is 1.08. The predicted molar refractivity (Wildman–Crippen MR) is 67.3 cm³/mol. The zero-order valence-corrected chi connectivity index (χ0v) is 11.0. The van der Waals surface area contributed by atoms with E-state index in [1.54, 1.807) is 0 Å². The van der Waals surface area contributed by atoms with E-state index in [0.717, 1.165) is 29.8 Å². The first-order valence-electron chi connectivity index (χ1n) is 5.68. The van der Waals surface area contributed by atoms with Crippen molar-refractivity contribution in [3.8, 4) is 0 Å². The van der Waals surface area contributed by atoms with Crippen molar-refractivity contribution in [3.05, 3.63) is 28.5 Å². The molecule has 3 nitrogen and oxygen atoms in total. The summed E-state index contributed by atoms with van der Waals surface area (Å²) in [4.78, 5) is 4.46. The van der Waals surface area contributed by atoms with Crippen molar-refractivity contribution in [1.82, 2.24) is 10.3 Å². The summed E-state index contributed by atoms with van der Waals surface area (Å²) in [6.07, 6.45) is 4.19. The summed E-state index contributed by atoms with van der Waals surface area (Å²) in [5, 5.41) is 3.36. The zero-order chi connectivity index (χ0) is 11.4. The molecule has 1 aliphatic rings. The lowest BCUT2D eigenvalue weighted by atomic mass is 9.91. The van der Waals surface area contributed by atoms with Crippen LogP contribution >= 0.6 is 15.9 Å². The Labute approximate surface area is 105 Å². The second kappa shape index (κ2) is 5.75. The molecule has 0 spiro atoms. The molecule has 0 amide bonds. The molecule has 0 bridgehead atoms. The molecule has 0 aromatic carbocycles. The van der Waals surface area contributed by atoms with Crippen molar-refractivity contribution in [2.75, 3.05) is 20.3 Å². The average Bonchev–Trinajstić information content (AvgIpc) is 2.34. The lowest BCUT2D eigenvalue weighted by Crippen LogP contribution is -2.32. The Morgan fingerprint density at radius 3 is 3.12 bits per heavy atom. The van der Waals surface area contributed by atoms with E-state index in [0.29, 0.717) is 5.92 Å². The summed E-state index contributed by atoms with van der Waals surface area (Å²) in [5.74, 6) is 0.518. The zero-order valence-electron chi connectivity index (χ0n) is 9.45. The van der Waals surface area contributed by atoms with Crippen LogP contribution in [-0.2, 0) is 4.74 Å². The van der Waals surface area contributed by atoms with E-state index in [1.807, 2.05) is 25.4 Å². The Hall–Kier alpha value is -0.450. The maximum Gasteiger partial charge on any atom is 0.0718 e. The molecule has 4 heteroatoms. The van der Waals surface area contributed by atoms with Gasteiger partial charge in [-0.15, -0.1) is 0 Å². The Morgan fingerprint density at radius 2 is 2.50 bits per heavy atom. The van der Waals surface area contributed by atoms with Crippen LogP contribution in [0.4, 0.5) is 0 Å². The lowest BCUT2D eigenvalue weighted by Gasteiger charge is -2.30. The topological polar surface area (TPSA) is 34.2 Å². The van der Waals surface area contributed by atoms with Gasteiger partial charge < -0.3 is 10.1 Å². The van der Waals surface area contributed by atoms with Crippen molar-refractivity contribution < 1.29 is 4.74 Å². The van der Waals surface area contributed by atoms with Crippen molar-refractivity contribution in [2.24, 2.45) is 5.92 Å². The normalized spacial score (nSPS) is 23.0. The Morgan fingerprint density at radius 1 is 1.62 bits per heavy atom. The number of hydrogen-bond donors (Lipinski definition) is 1. The molecule has 2 unspecified atom stereocenters. The standard InChI is InChI=1S/C12H17BrN2O/c1-14-11(9-4-3-7-16-8-9)12-10(13)5-2-6-15-12/h2,5-6,9,11,14H,3-4,7-8H2,1H3. The van der Waals surface area contributed by atoms with Crippen molar-refractivity contribution >= 4 is 15.9 Å². The number of rotatable bonds is 3. The van der Waals surface area contributed by atoms with E-state index in [2.05, 4.69) is 26.2 Å². The molecule has 0 radical (unpaired) electrons. The summed E-state index contributed by atoms with van der Waals surface area (Å²) >= 11 is 3.56. The molecule has 0 aliphatic carbocycles. The van der Waals surface area contributed by atoms with E-state index in [4.69, 9.17) is 4.74 Å². The van der Waals surface area contributed by atoms with E-state index >= 15 is 0 Å². The number of hydrogen-bond acceptors (Lipinski definition) is 3. The van der Waals surface area contributed by atoms with E-state index < -0.39 is 0 Å². The van der Waals surface area contributed by atoms with Crippen LogP contribution in [0, 0.1) is 5.92 Å². The summed E-state index contributed by atoms with van der Waals surface area (Å²) in [6, 6.07) is 4.25. The minimum absolute atomic E-state index is 0.274. The SMILES string of the molecule is CNC(c1ncccc1Br)C1CCCOC1. The van der Waals surface area contributed by atoms with Gasteiger partial charge in [0.15, 0.2) is 0 Å². The Bertz CT molecular complexity index is 340. The third-order valence-corrected chi connectivity index (χ3v) is 3.73. The molecule has 1 aromatic heterocycles. The Balaban J connectivity index is 2.18. The van der Waals surface area contributed by atoms with Crippen LogP contribution in [0.25, 0.3) is 0 Å². The number of ether oxygens (including phenoxy) is 1. The van der Waals surface area contributed by atoms with Crippen molar-refractivity contribution in [1.29, 1.82) is 0 Å². The van der Waals surface area contributed by atoms with Gasteiger partial charge in [-0.05, 0) is 48.0 Å². The van der Waals surface area contributed by atoms with Crippen LogP contribution in [0.5, 0.6) is 0 Å². The van der Waals surface area contributed by atoms with Crippen LogP contribution in [-0.4, -0.2) is 25.2 Å². The Kier molecular flexibility index (Phi) is 4.32. The van der Waals surface area contributed by atoms with Gasteiger partial charge in [0.2, 0.25) is 0 Å². The maximum absolute atomic E-state index is 5.54. The molecule has 1 fully saturated rings. The highest BCUT2D eigenvalue weighted by atomic mass is 79.9. The van der Waals surface area contributed by atoms with Gasteiger partial charge >= 0.3 is 0 Å². The average molecular weight is 285 g/mol. The monoisotopic (exact) mass is 284 g/mol. The van der Waals surface area contributed by atoms with Crippen LogP contribution in [0.15, 0.2) is 22.8 Å². The molecule has 2 heterocycles. The second-order valence-electron chi connectivity index (χ2n) is 4.11. The molecule has 1 aliphatic heterocycles. The highest BCUT2D eigenvalue weighted by Crippen LogP contribution is 2.31.